The van der Waals surface area contributed by atoms with Gasteiger partial charge in [0.15, 0.2) is 0 Å². The van der Waals surface area contributed by atoms with Crippen LogP contribution in [-0.2, 0) is 0 Å². The molecule has 0 heterocycles. The van der Waals surface area contributed by atoms with Crippen molar-refractivity contribution in [3.63, 3.8) is 0 Å². The Morgan fingerprint density at radius 3 is 2.80 bits per heavy atom. The molecule has 0 radical (unpaired) electrons. The number of aliphatic hydroxyl groups is 1. The molecule has 1 aliphatic rings. The second kappa shape index (κ2) is 6.58. The Hall–Kier alpha value is -1.79. The molecule has 0 spiro atoms. The highest BCUT2D eigenvalue weighted by molar-refractivity contribution is 5.97. The van der Waals surface area contributed by atoms with Crippen LogP contribution in [0, 0.1) is 18.8 Å². The molecule has 20 heavy (non-hydrogen) atoms. The van der Waals surface area contributed by atoms with Crippen molar-refractivity contribution in [1.29, 1.82) is 0 Å². The van der Waals surface area contributed by atoms with Crippen LogP contribution in [0.15, 0.2) is 18.2 Å². The lowest BCUT2D eigenvalue weighted by Crippen LogP contribution is -2.34. The van der Waals surface area contributed by atoms with E-state index in [1.54, 1.807) is 0 Å². The fraction of sp³-hybridized carbons (Fsp3) is 0.471. The molecule has 0 aromatic heterocycles. The van der Waals surface area contributed by atoms with E-state index in [0.29, 0.717) is 17.2 Å². The fourth-order valence-electron chi connectivity index (χ4n) is 2.31. The molecule has 1 aromatic rings. The average Bonchev–Trinajstić information content (AvgIpc) is 3.26. The molecule has 0 atom stereocenters. The van der Waals surface area contributed by atoms with Gasteiger partial charge in [0.1, 0.15) is 6.61 Å². The van der Waals surface area contributed by atoms with E-state index in [0.717, 1.165) is 31.4 Å². The van der Waals surface area contributed by atoms with Crippen LogP contribution in [0.1, 0.15) is 47.7 Å². The van der Waals surface area contributed by atoms with Crippen molar-refractivity contribution in [1.82, 2.24) is 4.90 Å². The first-order valence-corrected chi connectivity index (χ1v) is 7.18. The number of aryl methyl sites for hydroxylation is 1. The van der Waals surface area contributed by atoms with Crippen LogP contribution in [0.2, 0.25) is 0 Å². The molecule has 1 saturated carbocycles. The van der Waals surface area contributed by atoms with Crippen molar-refractivity contribution in [2.45, 2.75) is 39.2 Å². The Morgan fingerprint density at radius 2 is 2.20 bits per heavy atom. The Bertz CT molecular complexity index is 550. The minimum atomic E-state index is -0.192. The van der Waals surface area contributed by atoms with Crippen LogP contribution in [-0.4, -0.2) is 35.1 Å². The molecule has 1 N–H and O–H groups in total. The van der Waals surface area contributed by atoms with Gasteiger partial charge in [-0.1, -0.05) is 24.8 Å². The van der Waals surface area contributed by atoms with Gasteiger partial charge in [0.05, 0.1) is 5.56 Å². The van der Waals surface area contributed by atoms with Gasteiger partial charge in [-0.2, -0.15) is 0 Å². The number of aliphatic hydroxyl groups excluding tert-OH is 1. The van der Waals surface area contributed by atoms with Crippen LogP contribution in [0.25, 0.3) is 0 Å². The molecule has 2 rings (SSSR count). The number of amides is 1. The normalized spacial score (nSPS) is 13.6. The third kappa shape index (κ3) is 3.40. The second-order valence-electron chi connectivity index (χ2n) is 5.24. The third-order valence-corrected chi connectivity index (χ3v) is 3.42. The SMILES string of the molecule is CCCN(C(=O)c1ccc(C)cc1C#CCO)C1CC1. The summed E-state index contributed by atoms with van der Waals surface area (Å²) in [5, 5.41) is 8.85. The summed E-state index contributed by atoms with van der Waals surface area (Å²) in [6, 6.07) is 6.10. The Labute approximate surface area is 120 Å². The molecule has 106 valence electrons. The van der Waals surface area contributed by atoms with Crippen LogP contribution >= 0.6 is 0 Å². The van der Waals surface area contributed by atoms with Crippen LogP contribution in [0.4, 0.5) is 0 Å². The Morgan fingerprint density at radius 1 is 1.45 bits per heavy atom. The maximum atomic E-state index is 12.7. The van der Waals surface area contributed by atoms with Crippen molar-refractivity contribution < 1.29 is 9.90 Å². The quantitative estimate of drug-likeness (QED) is 0.854. The summed E-state index contributed by atoms with van der Waals surface area (Å²) in [4.78, 5) is 14.7. The number of rotatable bonds is 4. The van der Waals surface area contributed by atoms with E-state index < -0.39 is 0 Å². The van der Waals surface area contributed by atoms with Gasteiger partial charge in [0.25, 0.3) is 5.91 Å². The lowest BCUT2D eigenvalue weighted by Gasteiger charge is -2.22. The lowest BCUT2D eigenvalue weighted by molar-refractivity contribution is 0.0743. The van der Waals surface area contributed by atoms with Crippen LogP contribution < -0.4 is 0 Å². The van der Waals surface area contributed by atoms with E-state index in [2.05, 4.69) is 18.8 Å². The minimum absolute atomic E-state index is 0.0663. The van der Waals surface area contributed by atoms with E-state index >= 15 is 0 Å². The molecule has 1 fully saturated rings. The zero-order valence-electron chi connectivity index (χ0n) is 12.1. The molecule has 0 saturated heterocycles. The van der Waals surface area contributed by atoms with E-state index in [1.165, 1.54) is 0 Å². The highest BCUT2D eigenvalue weighted by Crippen LogP contribution is 2.29. The van der Waals surface area contributed by atoms with E-state index in [9.17, 15) is 4.79 Å². The van der Waals surface area contributed by atoms with E-state index in [1.807, 2.05) is 30.0 Å². The number of benzene rings is 1. The van der Waals surface area contributed by atoms with Gasteiger partial charge in [-0.25, -0.2) is 0 Å². The first-order valence-electron chi connectivity index (χ1n) is 7.18. The maximum Gasteiger partial charge on any atom is 0.255 e. The Balaban J connectivity index is 2.32. The first kappa shape index (κ1) is 14.6. The molecular formula is C17H21NO2. The van der Waals surface area contributed by atoms with Crippen LogP contribution in [0.5, 0.6) is 0 Å². The topological polar surface area (TPSA) is 40.5 Å². The van der Waals surface area contributed by atoms with Gasteiger partial charge in [-0.05, 0) is 43.9 Å². The molecule has 1 aromatic carbocycles. The molecule has 1 amide bonds. The number of nitrogens with zero attached hydrogens (tertiary/aromatic N) is 1. The number of hydrogen-bond donors (Lipinski definition) is 1. The summed E-state index contributed by atoms with van der Waals surface area (Å²) in [6.45, 7) is 4.67. The molecular weight excluding hydrogens is 250 g/mol. The van der Waals surface area contributed by atoms with E-state index in [-0.39, 0.29) is 12.5 Å². The predicted molar refractivity (Wildman–Crippen MR) is 79.5 cm³/mol. The minimum Gasteiger partial charge on any atom is -0.384 e. The zero-order valence-corrected chi connectivity index (χ0v) is 12.1. The van der Waals surface area contributed by atoms with Crippen molar-refractivity contribution in [3.05, 3.63) is 34.9 Å². The third-order valence-electron chi connectivity index (χ3n) is 3.42. The van der Waals surface area contributed by atoms with Crippen molar-refractivity contribution in [2.24, 2.45) is 0 Å². The number of carbonyl (C=O) groups excluding carboxylic acids is 1. The molecule has 0 aliphatic heterocycles. The molecule has 0 bridgehead atoms. The Kier molecular flexibility index (Phi) is 4.81. The van der Waals surface area contributed by atoms with E-state index in [4.69, 9.17) is 5.11 Å². The summed E-state index contributed by atoms with van der Waals surface area (Å²) < 4.78 is 0. The van der Waals surface area contributed by atoms with Gasteiger partial charge in [0.2, 0.25) is 0 Å². The van der Waals surface area contributed by atoms with Crippen molar-refractivity contribution >= 4 is 5.91 Å². The molecule has 0 unspecified atom stereocenters. The summed E-state index contributed by atoms with van der Waals surface area (Å²) in [5.41, 5.74) is 2.43. The number of hydrogen-bond acceptors (Lipinski definition) is 2. The number of carbonyl (C=O) groups is 1. The zero-order chi connectivity index (χ0) is 14.5. The monoisotopic (exact) mass is 271 g/mol. The van der Waals surface area contributed by atoms with Crippen LogP contribution in [0.3, 0.4) is 0 Å². The van der Waals surface area contributed by atoms with Gasteiger partial charge in [-0.15, -0.1) is 0 Å². The molecule has 3 heteroatoms. The summed E-state index contributed by atoms with van der Waals surface area (Å²) in [7, 11) is 0. The standard InChI is InChI=1S/C17H21NO2/c1-3-10-18(15-7-8-15)17(20)16-9-6-13(2)12-14(16)5-4-11-19/h6,9,12,15,19H,3,7-8,10-11H2,1-2H3. The summed E-state index contributed by atoms with van der Waals surface area (Å²) >= 11 is 0. The maximum absolute atomic E-state index is 12.7. The average molecular weight is 271 g/mol. The highest BCUT2D eigenvalue weighted by atomic mass is 16.2. The first-order chi connectivity index (χ1) is 9.67. The van der Waals surface area contributed by atoms with Gasteiger partial charge >= 0.3 is 0 Å². The highest BCUT2D eigenvalue weighted by Gasteiger charge is 2.32. The lowest BCUT2D eigenvalue weighted by atomic mass is 10.0. The van der Waals surface area contributed by atoms with Gasteiger partial charge < -0.3 is 10.0 Å². The van der Waals surface area contributed by atoms with Gasteiger partial charge in [0, 0.05) is 18.2 Å². The smallest absolute Gasteiger partial charge is 0.255 e. The molecule has 3 nitrogen and oxygen atoms in total. The van der Waals surface area contributed by atoms with Crippen molar-refractivity contribution in [2.75, 3.05) is 13.2 Å². The van der Waals surface area contributed by atoms with Gasteiger partial charge in [-0.3, -0.25) is 4.79 Å². The fourth-order valence-corrected chi connectivity index (χ4v) is 2.31. The molecule has 1 aliphatic carbocycles. The van der Waals surface area contributed by atoms with Crippen molar-refractivity contribution in [3.8, 4) is 11.8 Å². The summed E-state index contributed by atoms with van der Waals surface area (Å²) in [5.74, 6) is 5.60. The summed E-state index contributed by atoms with van der Waals surface area (Å²) in [6.07, 6.45) is 3.18. The second-order valence-corrected chi connectivity index (χ2v) is 5.24. The largest absolute Gasteiger partial charge is 0.384 e. The predicted octanol–water partition coefficient (Wildman–Crippen LogP) is 2.35.